The van der Waals surface area contributed by atoms with Crippen LogP contribution in [0.15, 0.2) is 29.3 Å². The number of rotatable bonds is 7. The van der Waals surface area contributed by atoms with Gasteiger partial charge in [0.2, 0.25) is 0 Å². The van der Waals surface area contributed by atoms with Crippen LogP contribution in [0, 0.1) is 0 Å². The van der Waals surface area contributed by atoms with E-state index in [-0.39, 0.29) is 5.75 Å². The minimum absolute atomic E-state index is 0.161. The lowest BCUT2D eigenvalue weighted by Crippen LogP contribution is -2.42. The summed E-state index contributed by atoms with van der Waals surface area (Å²) in [7, 11) is 0. The number of hydrogen-bond donors (Lipinski definition) is 2. The molecule has 2 N–H and O–H groups in total. The highest BCUT2D eigenvalue weighted by molar-refractivity contribution is 7.99. The Morgan fingerprint density at radius 1 is 1.42 bits per heavy atom. The summed E-state index contributed by atoms with van der Waals surface area (Å²) in [5, 5.41) is 7.43. The molecule has 134 valence electrons. The largest absolute Gasteiger partial charge is 0.435 e. The van der Waals surface area contributed by atoms with Crippen LogP contribution in [0.25, 0.3) is 0 Å². The first-order valence-electron chi connectivity index (χ1n) is 8.22. The first-order valence-corrected chi connectivity index (χ1v) is 9.51. The van der Waals surface area contributed by atoms with E-state index in [4.69, 9.17) is 0 Å². The maximum absolute atomic E-state index is 12.3. The fraction of sp³-hybridized carbons (Fsp3) is 0.588. The smallest absolute Gasteiger partial charge is 0.387 e. The molecule has 2 unspecified atom stereocenters. The Hall–Kier alpha value is -1.50. The van der Waals surface area contributed by atoms with Crippen LogP contribution in [0.4, 0.5) is 8.78 Å². The summed E-state index contributed by atoms with van der Waals surface area (Å²) in [5.74, 6) is 0.929. The third kappa shape index (κ3) is 6.19. The van der Waals surface area contributed by atoms with Crippen LogP contribution in [0.5, 0.6) is 5.75 Å². The fourth-order valence-corrected chi connectivity index (χ4v) is 3.59. The molecule has 4 nitrogen and oxygen atoms in total. The summed E-state index contributed by atoms with van der Waals surface area (Å²) in [5.41, 5.74) is 0.832. The van der Waals surface area contributed by atoms with Gasteiger partial charge in [-0.2, -0.15) is 20.5 Å². The quantitative estimate of drug-likeness (QED) is 0.578. The lowest BCUT2D eigenvalue weighted by Gasteiger charge is -2.17. The van der Waals surface area contributed by atoms with Crippen LogP contribution in [-0.4, -0.2) is 36.7 Å². The Bertz CT molecular complexity index is 542. The number of nitrogens with zero attached hydrogens (tertiary/aromatic N) is 1. The molecule has 0 spiro atoms. The van der Waals surface area contributed by atoms with Crippen molar-refractivity contribution in [3.8, 4) is 5.75 Å². The zero-order chi connectivity index (χ0) is 17.4. The summed E-state index contributed by atoms with van der Waals surface area (Å²) in [6, 6.07) is 7.10. The number of aliphatic imine (C=N–C) groups is 1. The maximum Gasteiger partial charge on any atom is 0.387 e. The van der Waals surface area contributed by atoms with E-state index in [0.717, 1.165) is 30.9 Å². The van der Waals surface area contributed by atoms with Gasteiger partial charge in [0.15, 0.2) is 5.96 Å². The van der Waals surface area contributed by atoms with Crippen LogP contribution in [0.2, 0.25) is 0 Å². The highest BCUT2D eigenvalue weighted by Crippen LogP contribution is 2.28. The zero-order valence-corrected chi connectivity index (χ0v) is 14.9. The third-order valence-corrected chi connectivity index (χ3v) is 5.04. The molecule has 0 aromatic heterocycles. The van der Waals surface area contributed by atoms with Crippen molar-refractivity contribution in [2.24, 2.45) is 4.99 Å². The average molecular weight is 357 g/mol. The topological polar surface area (TPSA) is 45.7 Å². The monoisotopic (exact) mass is 357 g/mol. The molecule has 2 atom stereocenters. The lowest BCUT2D eigenvalue weighted by molar-refractivity contribution is -0.0498. The molecule has 1 aromatic carbocycles. The average Bonchev–Trinajstić information content (AvgIpc) is 3.00. The van der Waals surface area contributed by atoms with Crippen LogP contribution in [0.1, 0.15) is 31.7 Å². The van der Waals surface area contributed by atoms with Gasteiger partial charge in [0.1, 0.15) is 5.75 Å². The van der Waals surface area contributed by atoms with Gasteiger partial charge in [-0.3, -0.25) is 0 Å². The van der Waals surface area contributed by atoms with E-state index in [1.807, 2.05) is 24.8 Å². The molecule has 24 heavy (non-hydrogen) atoms. The van der Waals surface area contributed by atoms with E-state index in [2.05, 4.69) is 26.6 Å². The summed E-state index contributed by atoms with van der Waals surface area (Å²) in [6.07, 6.45) is 5.67. The molecule has 2 rings (SSSR count). The fourth-order valence-electron chi connectivity index (χ4n) is 2.79. The molecule has 1 aliphatic carbocycles. The Morgan fingerprint density at radius 3 is 2.92 bits per heavy atom. The highest BCUT2D eigenvalue weighted by Gasteiger charge is 2.24. The second kappa shape index (κ2) is 9.71. The molecule has 0 radical (unpaired) electrons. The predicted octanol–water partition coefficient (Wildman–Crippen LogP) is 3.63. The van der Waals surface area contributed by atoms with Gasteiger partial charge in [-0.1, -0.05) is 12.1 Å². The Labute approximate surface area is 146 Å². The third-order valence-electron chi connectivity index (χ3n) is 3.95. The molecule has 1 fully saturated rings. The second-order valence-electron chi connectivity index (χ2n) is 5.73. The molecular weight excluding hydrogens is 332 g/mol. The van der Waals surface area contributed by atoms with E-state index < -0.39 is 6.61 Å². The molecule has 0 saturated heterocycles. The summed E-state index contributed by atoms with van der Waals surface area (Å²) in [4.78, 5) is 4.56. The van der Waals surface area contributed by atoms with Gasteiger partial charge in [0, 0.05) is 17.8 Å². The molecule has 1 saturated carbocycles. The van der Waals surface area contributed by atoms with Crippen LogP contribution in [-0.2, 0) is 6.54 Å². The van der Waals surface area contributed by atoms with E-state index in [9.17, 15) is 8.78 Å². The van der Waals surface area contributed by atoms with E-state index in [1.54, 1.807) is 12.1 Å². The standard InChI is InChI=1S/C17H25F2N3OS/c1-3-20-17(22-13-7-8-15(10-13)24-2)21-11-12-5-4-6-14(9-12)23-16(18)19/h4-6,9,13,15-16H,3,7-8,10-11H2,1-2H3,(H2,20,21,22). The number of ether oxygens (including phenoxy) is 1. The van der Waals surface area contributed by atoms with Crippen LogP contribution < -0.4 is 15.4 Å². The van der Waals surface area contributed by atoms with Crippen molar-refractivity contribution in [3.63, 3.8) is 0 Å². The maximum atomic E-state index is 12.3. The van der Waals surface area contributed by atoms with E-state index >= 15 is 0 Å². The van der Waals surface area contributed by atoms with Gasteiger partial charge >= 0.3 is 6.61 Å². The van der Waals surface area contributed by atoms with Crippen molar-refractivity contribution in [1.29, 1.82) is 0 Å². The minimum atomic E-state index is -2.81. The van der Waals surface area contributed by atoms with Crippen LogP contribution >= 0.6 is 11.8 Å². The van der Waals surface area contributed by atoms with E-state index in [1.165, 1.54) is 12.5 Å². The van der Waals surface area contributed by atoms with Crippen molar-refractivity contribution >= 4 is 17.7 Å². The number of alkyl halides is 2. The first kappa shape index (κ1) is 18.8. The van der Waals surface area contributed by atoms with Crippen molar-refractivity contribution < 1.29 is 13.5 Å². The zero-order valence-electron chi connectivity index (χ0n) is 14.1. The first-order chi connectivity index (χ1) is 11.6. The molecule has 1 aromatic rings. The minimum Gasteiger partial charge on any atom is -0.435 e. The Kier molecular flexibility index (Phi) is 7.62. The van der Waals surface area contributed by atoms with Gasteiger partial charge in [0.05, 0.1) is 6.54 Å². The summed E-state index contributed by atoms with van der Waals surface area (Å²) >= 11 is 1.92. The van der Waals surface area contributed by atoms with Gasteiger partial charge in [-0.25, -0.2) is 4.99 Å². The normalized spacial score (nSPS) is 21.1. The van der Waals surface area contributed by atoms with Crippen molar-refractivity contribution in [2.75, 3.05) is 12.8 Å². The number of nitrogens with one attached hydrogen (secondary N) is 2. The lowest BCUT2D eigenvalue weighted by atomic mass is 10.2. The number of benzene rings is 1. The molecule has 1 aliphatic rings. The number of halogens is 2. The van der Waals surface area contributed by atoms with E-state index in [0.29, 0.717) is 17.8 Å². The number of guanidine groups is 1. The molecule has 7 heteroatoms. The molecular formula is C17H25F2N3OS. The Balaban J connectivity index is 1.95. The molecule has 0 bridgehead atoms. The number of thioether (sulfide) groups is 1. The SMILES string of the molecule is CCNC(=NCc1cccc(OC(F)F)c1)NC1CCC(SC)C1. The molecule has 0 aliphatic heterocycles. The summed E-state index contributed by atoms with van der Waals surface area (Å²) in [6.45, 7) is 0.399. The Morgan fingerprint density at radius 2 is 2.25 bits per heavy atom. The van der Waals surface area contributed by atoms with Gasteiger partial charge in [0.25, 0.3) is 0 Å². The van der Waals surface area contributed by atoms with Crippen molar-refractivity contribution in [1.82, 2.24) is 10.6 Å². The van der Waals surface area contributed by atoms with Gasteiger partial charge < -0.3 is 15.4 Å². The van der Waals surface area contributed by atoms with Gasteiger partial charge in [-0.15, -0.1) is 0 Å². The van der Waals surface area contributed by atoms with Crippen LogP contribution in [0.3, 0.4) is 0 Å². The molecule has 0 amide bonds. The van der Waals surface area contributed by atoms with Gasteiger partial charge in [-0.05, 0) is 50.1 Å². The highest BCUT2D eigenvalue weighted by atomic mass is 32.2. The van der Waals surface area contributed by atoms with Crippen molar-refractivity contribution in [2.45, 2.75) is 50.6 Å². The predicted molar refractivity (Wildman–Crippen MR) is 96.0 cm³/mol. The van der Waals surface area contributed by atoms with Crippen molar-refractivity contribution in [3.05, 3.63) is 29.8 Å². The summed E-state index contributed by atoms with van der Waals surface area (Å²) < 4.78 is 29.0. The molecule has 0 heterocycles. The second-order valence-corrected chi connectivity index (χ2v) is 6.87. The number of hydrogen-bond acceptors (Lipinski definition) is 3.